The van der Waals surface area contributed by atoms with Gasteiger partial charge in [-0.2, -0.15) is 0 Å². The average molecular weight is 239 g/mol. The molecule has 0 aromatic heterocycles. The predicted octanol–water partition coefficient (Wildman–Crippen LogP) is -0.481. The molecule has 0 rings (SSSR count). The highest BCUT2D eigenvalue weighted by atomic mass is 16.4. The molecule has 0 radical (unpaired) electrons. The molecular formula is C11H13NO5. The lowest BCUT2D eigenvalue weighted by Crippen LogP contribution is -2.18. The number of amides is 1. The predicted molar refractivity (Wildman–Crippen MR) is 58.0 cm³/mol. The minimum Gasteiger partial charge on any atom is -0.481 e. The first kappa shape index (κ1) is 14.8. The number of carbonyl (C=O) groups excluding carboxylic acids is 3. The van der Waals surface area contributed by atoms with Crippen LogP contribution in [0.15, 0.2) is 0 Å². The highest BCUT2D eigenvalue weighted by Crippen LogP contribution is 1.92. The Balaban J connectivity index is 3.99. The number of Topliss-reactive ketones (excluding diaryl/α,β-unsaturated/α-hetero) is 2. The second-order valence-electron chi connectivity index (χ2n) is 3.16. The van der Waals surface area contributed by atoms with Crippen molar-refractivity contribution in [2.45, 2.75) is 25.7 Å². The lowest BCUT2D eigenvalue weighted by Gasteiger charge is -1.94. The molecule has 92 valence electrons. The van der Waals surface area contributed by atoms with E-state index < -0.39 is 17.5 Å². The molecule has 0 atom stereocenters. The van der Waals surface area contributed by atoms with Gasteiger partial charge in [0.2, 0.25) is 17.5 Å². The standard InChI is InChI=1S/C11H13NO5/c1-12-10(15)6-4-8(13)2-3-9(14)5-7-11(16)17/h4-7H2,1H3,(H,12,15)(H,16,17). The Kier molecular flexibility index (Phi) is 7.02. The normalized spacial score (nSPS) is 8.76. The number of carboxylic acid groups (broad SMARTS) is 1. The van der Waals surface area contributed by atoms with E-state index in [1.165, 1.54) is 7.05 Å². The molecule has 6 heteroatoms. The van der Waals surface area contributed by atoms with Gasteiger partial charge in [-0.3, -0.25) is 19.2 Å². The van der Waals surface area contributed by atoms with Crippen molar-refractivity contribution in [1.29, 1.82) is 0 Å². The van der Waals surface area contributed by atoms with Crippen molar-refractivity contribution in [3.63, 3.8) is 0 Å². The molecule has 0 aliphatic carbocycles. The maximum atomic E-state index is 11.1. The molecule has 17 heavy (non-hydrogen) atoms. The molecule has 0 spiro atoms. The van der Waals surface area contributed by atoms with Gasteiger partial charge in [-0.05, 0) is 11.8 Å². The average Bonchev–Trinajstić information content (AvgIpc) is 2.30. The number of nitrogens with one attached hydrogen (secondary N) is 1. The zero-order chi connectivity index (χ0) is 13.3. The molecule has 2 N–H and O–H groups in total. The van der Waals surface area contributed by atoms with Crippen molar-refractivity contribution < 1.29 is 24.3 Å². The van der Waals surface area contributed by atoms with Crippen LogP contribution in [0.2, 0.25) is 0 Å². The van der Waals surface area contributed by atoms with E-state index in [1.807, 2.05) is 5.92 Å². The second-order valence-corrected chi connectivity index (χ2v) is 3.16. The van der Waals surface area contributed by atoms with Gasteiger partial charge in [0.05, 0.1) is 6.42 Å². The minimum absolute atomic E-state index is 0.0212. The smallest absolute Gasteiger partial charge is 0.303 e. The van der Waals surface area contributed by atoms with E-state index in [-0.39, 0.29) is 31.6 Å². The Hall–Kier alpha value is -2.16. The van der Waals surface area contributed by atoms with Gasteiger partial charge in [0, 0.05) is 26.3 Å². The summed E-state index contributed by atoms with van der Waals surface area (Å²) in [6.07, 6.45) is -0.558. The van der Waals surface area contributed by atoms with Crippen molar-refractivity contribution in [2.75, 3.05) is 7.05 Å². The minimum atomic E-state index is -1.09. The Morgan fingerprint density at radius 2 is 1.41 bits per heavy atom. The topological polar surface area (TPSA) is 101 Å². The summed E-state index contributed by atoms with van der Waals surface area (Å²) in [6, 6.07) is 0. The summed E-state index contributed by atoms with van der Waals surface area (Å²) < 4.78 is 0. The Bertz CT molecular complexity index is 388. The monoisotopic (exact) mass is 239 g/mol. The van der Waals surface area contributed by atoms with Crippen molar-refractivity contribution in [3.05, 3.63) is 0 Å². The van der Waals surface area contributed by atoms with Crippen molar-refractivity contribution in [2.24, 2.45) is 0 Å². The van der Waals surface area contributed by atoms with Crippen LogP contribution < -0.4 is 5.32 Å². The van der Waals surface area contributed by atoms with E-state index in [9.17, 15) is 19.2 Å². The van der Waals surface area contributed by atoms with Crippen LogP contribution in [0, 0.1) is 11.8 Å². The van der Waals surface area contributed by atoms with E-state index in [0.717, 1.165) is 0 Å². The van der Waals surface area contributed by atoms with E-state index in [4.69, 9.17) is 5.11 Å². The first-order valence-corrected chi connectivity index (χ1v) is 4.95. The van der Waals surface area contributed by atoms with Gasteiger partial charge in [-0.15, -0.1) is 0 Å². The van der Waals surface area contributed by atoms with Crippen molar-refractivity contribution >= 4 is 23.4 Å². The molecule has 0 aromatic rings. The SMILES string of the molecule is CNC(=O)CCC(=O)C#CC(=O)CCC(=O)O. The van der Waals surface area contributed by atoms with E-state index >= 15 is 0 Å². The second kappa shape index (κ2) is 8.05. The van der Waals surface area contributed by atoms with Crippen LogP contribution in [0.4, 0.5) is 0 Å². The summed E-state index contributed by atoms with van der Waals surface area (Å²) in [7, 11) is 1.45. The van der Waals surface area contributed by atoms with Gasteiger partial charge in [0.1, 0.15) is 0 Å². The fourth-order valence-corrected chi connectivity index (χ4v) is 0.837. The molecule has 6 nitrogen and oxygen atoms in total. The number of rotatable bonds is 6. The van der Waals surface area contributed by atoms with Gasteiger partial charge in [-0.25, -0.2) is 0 Å². The molecule has 0 bridgehead atoms. The van der Waals surface area contributed by atoms with Crippen LogP contribution in [0.3, 0.4) is 0 Å². The summed E-state index contributed by atoms with van der Waals surface area (Å²) in [5.74, 6) is 1.64. The molecule has 1 amide bonds. The van der Waals surface area contributed by atoms with Gasteiger partial charge < -0.3 is 10.4 Å². The fraction of sp³-hybridized carbons (Fsp3) is 0.455. The third kappa shape index (κ3) is 8.81. The highest BCUT2D eigenvalue weighted by Gasteiger charge is 2.04. The van der Waals surface area contributed by atoms with Gasteiger partial charge in [-0.1, -0.05) is 0 Å². The van der Waals surface area contributed by atoms with Crippen LogP contribution in [-0.2, 0) is 19.2 Å². The number of aliphatic carboxylic acids is 1. The maximum Gasteiger partial charge on any atom is 0.303 e. The Morgan fingerprint density at radius 1 is 0.941 bits per heavy atom. The zero-order valence-electron chi connectivity index (χ0n) is 9.41. The van der Waals surface area contributed by atoms with Crippen LogP contribution in [0.1, 0.15) is 25.7 Å². The van der Waals surface area contributed by atoms with E-state index in [2.05, 4.69) is 11.2 Å². The summed E-state index contributed by atoms with van der Waals surface area (Å²) in [4.78, 5) is 43.0. The van der Waals surface area contributed by atoms with E-state index in [0.29, 0.717) is 0 Å². The molecule has 0 fully saturated rings. The number of carbonyl (C=O) groups is 4. The van der Waals surface area contributed by atoms with Crippen LogP contribution in [-0.4, -0.2) is 35.6 Å². The zero-order valence-corrected chi connectivity index (χ0v) is 9.41. The number of hydrogen-bond donors (Lipinski definition) is 2. The number of carboxylic acids is 1. The summed E-state index contributed by atoms with van der Waals surface area (Å²) in [5, 5.41) is 10.6. The fourth-order valence-electron chi connectivity index (χ4n) is 0.837. The Labute approximate surface area is 98.4 Å². The van der Waals surface area contributed by atoms with Gasteiger partial charge in [0.25, 0.3) is 0 Å². The molecule has 0 saturated carbocycles. The van der Waals surface area contributed by atoms with Crippen LogP contribution >= 0.6 is 0 Å². The molecule has 0 aromatic carbocycles. The van der Waals surface area contributed by atoms with Gasteiger partial charge in [0.15, 0.2) is 0 Å². The lowest BCUT2D eigenvalue weighted by molar-refractivity contribution is -0.138. The third-order valence-corrected chi connectivity index (χ3v) is 1.77. The van der Waals surface area contributed by atoms with Crippen molar-refractivity contribution in [1.82, 2.24) is 5.32 Å². The quantitative estimate of drug-likeness (QED) is 0.481. The molecule has 0 saturated heterocycles. The molecule has 0 aliphatic heterocycles. The summed E-state index contributed by atoms with van der Waals surface area (Å²) in [5.41, 5.74) is 0. The molecule has 0 aliphatic rings. The summed E-state index contributed by atoms with van der Waals surface area (Å²) in [6.45, 7) is 0. The molecular weight excluding hydrogens is 226 g/mol. The highest BCUT2D eigenvalue weighted by molar-refractivity contribution is 6.05. The number of hydrogen-bond acceptors (Lipinski definition) is 4. The van der Waals surface area contributed by atoms with Gasteiger partial charge >= 0.3 is 5.97 Å². The maximum absolute atomic E-state index is 11.1. The molecule has 0 heterocycles. The Morgan fingerprint density at radius 3 is 1.82 bits per heavy atom. The molecule has 0 unspecified atom stereocenters. The lowest BCUT2D eigenvalue weighted by atomic mass is 10.2. The largest absolute Gasteiger partial charge is 0.481 e. The van der Waals surface area contributed by atoms with Crippen LogP contribution in [0.5, 0.6) is 0 Å². The third-order valence-electron chi connectivity index (χ3n) is 1.77. The van der Waals surface area contributed by atoms with Crippen LogP contribution in [0.25, 0.3) is 0 Å². The van der Waals surface area contributed by atoms with E-state index in [1.54, 1.807) is 0 Å². The summed E-state index contributed by atoms with van der Waals surface area (Å²) >= 11 is 0. The number of ketones is 2. The van der Waals surface area contributed by atoms with Crippen molar-refractivity contribution in [3.8, 4) is 11.8 Å². The first-order valence-electron chi connectivity index (χ1n) is 4.95. The first-order chi connectivity index (χ1) is 7.95.